The van der Waals surface area contributed by atoms with E-state index in [9.17, 15) is 0 Å². The fourth-order valence-electron chi connectivity index (χ4n) is 7.05. The van der Waals surface area contributed by atoms with Crippen LogP contribution in [0, 0.1) is 11.8 Å². The zero-order valence-electron chi connectivity index (χ0n) is 32.0. The lowest BCUT2D eigenvalue weighted by Crippen LogP contribution is -2.23. The number of benzene rings is 1. The number of ether oxygens (including phenoxy) is 2. The molecule has 3 heteroatoms. The second kappa shape index (κ2) is 32.8. The molecular weight excluding hydrogens is 587 g/mol. The zero-order chi connectivity index (χ0) is 34.0. The van der Waals surface area contributed by atoms with Crippen LogP contribution >= 0.6 is 0 Å². The highest BCUT2D eigenvalue weighted by atomic mass is 16.5. The summed E-state index contributed by atoms with van der Waals surface area (Å²) in [6, 6.07) is 11.0. The van der Waals surface area contributed by atoms with Gasteiger partial charge in [-0.15, -0.1) is 0 Å². The van der Waals surface area contributed by atoms with Crippen LogP contribution < -0.4 is 0 Å². The maximum atomic E-state index is 6.29. The van der Waals surface area contributed by atoms with Gasteiger partial charge in [0, 0.05) is 44.7 Å². The molecule has 3 nitrogen and oxygen atoms in total. The third-order valence-electron chi connectivity index (χ3n) is 10.2. The zero-order valence-corrected chi connectivity index (χ0v) is 32.0. The highest BCUT2D eigenvalue weighted by Gasteiger charge is 2.32. The number of hydrogen-bond donors (Lipinski definition) is 0. The summed E-state index contributed by atoms with van der Waals surface area (Å²) < 4.78 is 12.6. The Kier molecular flexibility index (Phi) is 29.2. The maximum Gasteiger partial charge on any atom is 0.0510 e. The summed E-state index contributed by atoms with van der Waals surface area (Å²) in [5.74, 6) is 1.16. The summed E-state index contributed by atoms with van der Waals surface area (Å²) in [5.41, 5.74) is 1.41. The highest BCUT2D eigenvalue weighted by Crippen LogP contribution is 2.26. The molecule has 0 amide bonds. The molecule has 0 unspecified atom stereocenters. The van der Waals surface area contributed by atoms with Gasteiger partial charge in [-0.25, -0.2) is 0 Å². The molecule has 2 atom stereocenters. The predicted molar refractivity (Wildman–Crippen MR) is 211 cm³/mol. The summed E-state index contributed by atoms with van der Waals surface area (Å²) in [5, 5.41) is 0. The van der Waals surface area contributed by atoms with Crippen LogP contribution in [0.4, 0.5) is 0 Å². The van der Waals surface area contributed by atoms with Crippen LogP contribution in [-0.2, 0) is 16.0 Å². The molecule has 0 spiro atoms. The monoisotopic (exact) mass is 666 g/mol. The van der Waals surface area contributed by atoms with Crippen LogP contribution in [0.3, 0.4) is 0 Å². The van der Waals surface area contributed by atoms with Crippen molar-refractivity contribution in [1.29, 1.82) is 0 Å². The van der Waals surface area contributed by atoms with E-state index in [1.54, 1.807) is 0 Å². The Morgan fingerprint density at radius 3 is 1.29 bits per heavy atom. The Hall–Kier alpha value is -1.42. The van der Waals surface area contributed by atoms with Gasteiger partial charge in [-0.3, -0.25) is 4.90 Å². The number of rotatable bonds is 34. The quantitative estimate of drug-likeness (QED) is 0.0540. The molecule has 276 valence electrons. The van der Waals surface area contributed by atoms with E-state index in [0.29, 0.717) is 11.8 Å². The second-order valence-electron chi connectivity index (χ2n) is 14.8. The molecule has 2 rings (SSSR count). The molecule has 0 bridgehead atoms. The van der Waals surface area contributed by atoms with Crippen LogP contribution in [0.2, 0.25) is 0 Å². The normalized spacial score (nSPS) is 17.0. The average molecular weight is 666 g/mol. The topological polar surface area (TPSA) is 21.7 Å². The maximum absolute atomic E-state index is 6.29. The van der Waals surface area contributed by atoms with Gasteiger partial charge >= 0.3 is 0 Å². The molecule has 0 saturated carbocycles. The van der Waals surface area contributed by atoms with Crippen LogP contribution in [0.5, 0.6) is 0 Å². The van der Waals surface area contributed by atoms with Crippen molar-refractivity contribution in [3.8, 4) is 0 Å². The molecule has 0 aliphatic carbocycles. The first-order valence-electron chi connectivity index (χ1n) is 21.0. The minimum atomic E-state index is 0.582. The lowest BCUT2D eigenvalue weighted by atomic mass is 9.98. The van der Waals surface area contributed by atoms with Gasteiger partial charge in [0.15, 0.2) is 0 Å². The van der Waals surface area contributed by atoms with E-state index in [0.717, 1.165) is 46.1 Å². The van der Waals surface area contributed by atoms with Gasteiger partial charge in [0.1, 0.15) is 0 Å². The van der Waals surface area contributed by atoms with Crippen LogP contribution in [0.1, 0.15) is 174 Å². The Bertz CT molecular complexity index is 802. The number of unbranched alkanes of at least 4 members (excludes halogenated alkanes) is 20. The minimum Gasteiger partial charge on any atom is -0.381 e. The first-order valence-corrected chi connectivity index (χ1v) is 21.0. The molecule has 1 heterocycles. The van der Waals surface area contributed by atoms with Gasteiger partial charge in [0.25, 0.3) is 0 Å². The largest absolute Gasteiger partial charge is 0.381 e. The van der Waals surface area contributed by atoms with E-state index in [4.69, 9.17) is 9.47 Å². The van der Waals surface area contributed by atoms with Gasteiger partial charge in [0.2, 0.25) is 0 Å². The number of allylic oxidation sites excluding steroid dienone is 4. The Morgan fingerprint density at radius 1 is 0.500 bits per heavy atom. The van der Waals surface area contributed by atoms with Gasteiger partial charge in [0.05, 0.1) is 13.2 Å². The highest BCUT2D eigenvalue weighted by molar-refractivity contribution is 5.14. The van der Waals surface area contributed by atoms with Crippen molar-refractivity contribution in [2.75, 3.05) is 39.5 Å². The SMILES string of the molecule is CCCCCCC=CCCCCCCCCOC[C@H]1CN(Cc2ccccc2)C[C@@H]1COCCCCCCCCC=CCCCCCC. The van der Waals surface area contributed by atoms with Gasteiger partial charge in [-0.1, -0.05) is 158 Å². The summed E-state index contributed by atoms with van der Waals surface area (Å²) >= 11 is 0. The Balaban J connectivity index is 1.50. The summed E-state index contributed by atoms with van der Waals surface area (Å²) in [7, 11) is 0. The average Bonchev–Trinajstić information content (AvgIpc) is 3.48. The smallest absolute Gasteiger partial charge is 0.0510 e. The second-order valence-corrected chi connectivity index (χ2v) is 14.8. The fraction of sp³-hybridized carbons (Fsp3) is 0.778. The predicted octanol–water partition coefficient (Wildman–Crippen LogP) is 13.3. The van der Waals surface area contributed by atoms with E-state index >= 15 is 0 Å². The molecule has 1 aliphatic heterocycles. The summed E-state index contributed by atoms with van der Waals surface area (Å²) in [4.78, 5) is 2.63. The van der Waals surface area contributed by atoms with E-state index in [1.165, 1.54) is 160 Å². The summed E-state index contributed by atoms with van der Waals surface area (Å²) in [6.07, 6.45) is 41.6. The van der Waals surface area contributed by atoms with Crippen molar-refractivity contribution in [2.24, 2.45) is 11.8 Å². The molecule has 1 aliphatic rings. The van der Waals surface area contributed by atoms with E-state index in [1.807, 2.05) is 0 Å². The lowest BCUT2D eigenvalue weighted by molar-refractivity contribution is 0.0482. The molecule has 0 aromatic heterocycles. The standard InChI is InChI=1S/C45H79NO2/c1-3-5-7-9-11-13-15-17-19-21-23-25-27-32-36-47-41-44-39-46(38-43-34-30-29-31-35-43)40-45(44)42-48-37-33-28-26-24-22-20-18-16-14-12-10-8-6-4-2/h13-16,29-31,34-35,44-45H,3-12,17-28,32-33,36-42H2,1-2H3/t44-,45-/m1/s1. The van der Waals surface area contributed by atoms with Crippen molar-refractivity contribution in [1.82, 2.24) is 4.90 Å². The van der Waals surface area contributed by atoms with Crippen molar-refractivity contribution >= 4 is 0 Å². The molecule has 0 N–H and O–H groups in total. The Morgan fingerprint density at radius 2 is 0.875 bits per heavy atom. The molecule has 48 heavy (non-hydrogen) atoms. The third kappa shape index (κ3) is 24.7. The molecule has 1 aromatic rings. The first kappa shape index (κ1) is 42.7. The molecule has 0 radical (unpaired) electrons. The third-order valence-corrected chi connectivity index (χ3v) is 10.2. The molecule has 1 aromatic carbocycles. The summed E-state index contributed by atoms with van der Waals surface area (Å²) in [6.45, 7) is 11.5. The van der Waals surface area contributed by atoms with Gasteiger partial charge in [-0.05, 0) is 69.8 Å². The Labute approximate surface area is 299 Å². The lowest BCUT2D eigenvalue weighted by Gasteiger charge is -2.18. The van der Waals surface area contributed by atoms with Crippen LogP contribution in [0.15, 0.2) is 54.6 Å². The molecule has 1 fully saturated rings. The molecule has 1 saturated heterocycles. The van der Waals surface area contributed by atoms with Gasteiger partial charge in [-0.2, -0.15) is 0 Å². The van der Waals surface area contributed by atoms with Crippen molar-refractivity contribution < 1.29 is 9.47 Å². The van der Waals surface area contributed by atoms with E-state index < -0.39 is 0 Å². The van der Waals surface area contributed by atoms with Crippen LogP contribution in [-0.4, -0.2) is 44.4 Å². The van der Waals surface area contributed by atoms with Crippen molar-refractivity contribution in [3.63, 3.8) is 0 Å². The van der Waals surface area contributed by atoms with Gasteiger partial charge < -0.3 is 9.47 Å². The fourth-order valence-corrected chi connectivity index (χ4v) is 7.05. The number of hydrogen-bond acceptors (Lipinski definition) is 3. The number of likely N-dealkylation sites (tertiary alicyclic amines) is 1. The number of nitrogens with zero attached hydrogens (tertiary/aromatic N) is 1. The minimum absolute atomic E-state index is 0.582. The van der Waals surface area contributed by atoms with Crippen LogP contribution in [0.25, 0.3) is 0 Å². The van der Waals surface area contributed by atoms with E-state index in [-0.39, 0.29) is 0 Å². The van der Waals surface area contributed by atoms with Crippen molar-refractivity contribution in [3.05, 3.63) is 60.2 Å². The van der Waals surface area contributed by atoms with E-state index in [2.05, 4.69) is 73.4 Å². The first-order chi connectivity index (χ1) is 23.8. The van der Waals surface area contributed by atoms with Crippen molar-refractivity contribution in [2.45, 2.75) is 174 Å². The molecular formula is C45H79NO2.